The van der Waals surface area contributed by atoms with E-state index in [9.17, 15) is 40.8 Å². The molecule has 2 aliphatic carbocycles. The minimum absolute atomic E-state index is 0.130. The molecule has 336 valence electrons. The zero-order valence-electron chi connectivity index (χ0n) is 35.0. The van der Waals surface area contributed by atoms with Gasteiger partial charge in [-0.2, -0.15) is 0 Å². The standard InChI is InChI=1S/C9H8N2O4S.C9H10O4S.C9H10O3.C8H8O2.C6H8O.CH3N3/c1-15-9(12)8(11-10)16(13,14)7-5-3-2-4-6-7;1-13-9(10)7-14(11,12)8-5-3-2-4-6-8;1-11-9(10)8-5-6-3-2-4-7(6)12-8;9-5-7-4-6-2-1-3-8(6)10-7;1-2-3-4-5-6-7;1-3-4-2/h2-6H,1H3;2-6H,7H2,1H3;5H,2-4H2,1H3;4-5H,1-3H2;1,6H,3-5H2;1H3. The van der Waals surface area contributed by atoms with Crippen LogP contribution >= 0.6 is 0 Å². The van der Waals surface area contributed by atoms with E-state index in [2.05, 4.69) is 34.9 Å². The number of rotatable bonds is 9. The lowest BCUT2D eigenvalue weighted by atomic mass is 10.2. The van der Waals surface area contributed by atoms with Crippen molar-refractivity contribution in [3.05, 3.63) is 123 Å². The minimum atomic E-state index is -4.14. The van der Waals surface area contributed by atoms with Gasteiger partial charge in [-0.05, 0) is 85.2 Å². The lowest BCUT2D eigenvalue weighted by Gasteiger charge is -2.01. The van der Waals surface area contributed by atoms with Crippen LogP contribution in [0.25, 0.3) is 16.0 Å². The smallest absolute Gasteiger partial charge is 0.468 e. The topological polar surface area (TPSA) is 293 Å². The van der Waals surface area contributed by atoms with Crippen molar-refractivity contribution in [2.24, 2.45) is 5.11 Å². The van der Waals surface area contributed by atoms with Crippen molar-refractivity contribution in [1.82, 2.24) is 0 Å². The number of hydrogen-bond acceptors (Lipinski definition) is 15. The number of hydrogen-bond donors (Lipinski definition) is 0. The van der Waals surface area contributed by atoms with Crippen molar-refractivity contribution in [2.75, 3.05) is 34.1 Å². The number of sulfone groups is 2. The maximum Gasteiger partial charge on any atom is 0.493 e. The second-order valence-electron chi connectivity index (χ2n) is 12.4. The molecule has 0 spiro atoms. The van der Waals surface area contributed by atoms with Gasteiger partial charge >= 0.3 is 23.0 Å². The fourth-order valence-electron chi connectivity index (χ4n) is 5.16. The summed E-state index contributed by atoms with van der Waals surface area (Å²) in [5.74, 6) is 2.25. The first-order valence-corrected chi connectivity index (χ1v) is 21.8. The van der Waals surface area contributed by atoms with Gasteiger partial charge in [-0.25, -0.2) is 26.4 Å². The van der Waals surface area contributed by atoms with Gasteiger partial charge in [0.05, 0.1) is 31.1 Å². The monoisotopic (exact) mass is 909 g/mol. The predicted octanol–water partition coefficient (Wildman–Crippen LogP) is 5.95. The van der Waals surface area contributed by atoms with Crippen LogP contribution in [0.4, 0.5) is 0 Å². The van der Waals surface area contributed by atoms with Crippen LogP contribution in [0.1, 0.15) is 75.9 Å². The molecule has 21 heteroatoms. The second kappa shape index (κ2) is 29.2. The maximum absolute atomic E-state index is 11.8. The predicted molar refractivity (Wildman–Crippen MR) is 227 cm³/mol. The Bertz CT molecular complexity index is 2440. The van der Waals surface area contributed by atoms with E-state index in [1.165, 1.54) is 62.5 Å². The number of carbonyl (C=O) groups is 5. The summed E-state index contributed by atoms with van der Waals surface area (Å²) in [5.41, 5.74) is 18.3. The number of esters is 3. The van der Waals surface area contributed by atoms with Gasteiger partial charge in [-0.3, -0.25) is 9.59 Å². The lowest BCUT2D eigenvalue weighted by molar-refractivity contribution is -0.138. The molecule has 6 rings (SSSR count). The minimum Gasteiger partial charge on any atom is -0.468 e. The van der Waals surface area contributed by atoms with Crippen molar-refractivity contribution in [3.63, 3.8) is 0 Å². The molecule has 0 atom stereocenters. The maximum atomic E-state index is 11.8. The molecule has 0 N–H and O–H groups in total. The fourth-order valence-corrected chi connectivity index (χ4v) is 7.47. The summed E-state index contributed by atoms with van der Waals surface area (Å²) >= 11 is 0. The molecule has 0 saturated heterocycles. The highest BCUT2D eigenvalue weighted by molar-refractivity contribution is 8.08. The molecule has 2 heterocycles. The number of aldehydes is 2. The molecule has 2 aromatic heterocycles. The summed E-state index contributed by atoms with van der Waals surface area (Å²) in [7, 11) is -2.79. The molecule has 4 aromatic rings. The third kappa shape index (κ3) is 18.6. The van der Waals surface area contributed by atoms with Crippen molar-refractivity contribution in [2.45, 2.75) is 67.6 Å². The summed E-state index contributed by atoms with van der Waals surface area (Å²) < 4.78 is 70.1. The number of azide groups is 1. The summed E-state index contributed by atoms with van der Waals surface area (Å²) in [5, 5.41) is 1.88. The normalized spacial score (nSPS) is 11.3. The Morgan fingerprint density at radius 3 is 1.78 bits per heavy atom. The van der Waals surface area contributed by atoms with E-state index in [0.29, 0.717) is 17.9 Å². The Morgan fingerprint density at radius 1 is 0.810 bits per heavy atom. The van der Waals surface area contributed by atoms with Crippen molar-refractivity contribution in [3.8, 4) is 12.3 Å². The molecular weight excluding hydrogens is 863 g/mol. The average molecular weight is 910 g/mol. The Kier molecular flexibility index (Phi) is 25.0. The van der Waals surface area contributed by atoms with Gasteiger partial charge in [0.15, 0.2) is 27.6 Å². The van der Waals surface area contributed by atoms with Crippen molar-refractivity contribution in [1.29, 1.82) is 0 Å². The van der Waals surface area contributed by atoms with E-state index < -0.39 is 42.4 Å². The van der Waals surface area contributed by atoms with Crippen LogP contribution < -0.4 is 0 Å². The first-order chi connectivity index (χ1) is 30.1. The number of ether oxygens (including phenoxy) is 3. The number of nitrogens with zero attached hydrogens (tertiary/aromatic N) is 5. The quantitative estimate of drug-likeness (QED) is 0.0179. The van der Waals surface area contributed by atoms with Gasteiger partial charge in [0.25, 0.3) is 9.84 Å². The zero-order valence-corrected chi connectivity index (χ0v) is 36.6. The largest absolute Gasteiger partial charge is 0.493 e. The van der Waals surface area contributed by atoms with Gasteiger partial charge in [0.2, 0.25) is 5.76 Å². The zero-order chi connectivity index (χ0) is 47.3. The molecule has 0 radical (unpaired) electrons. The highest BCUT2D eigenvalue weighted by Gasteiger charge is 2.38. The lowest BCUT2D eigenvalue weighted by Crippen LogP contribution is -2.26. The molecule has 0 aliphatic heterocycles. The Labute approximate surface area is 364 Å². The number of benzene rings is 2. The molecule has 0 bridgehead atoms. The Hall–Kier alpha value is -7.10. The number of furan rings is 2. The average Bonchev–Trinajstić information content (AvgIpc) is 4.11. The summed E-state index contributed by atoms with van der Waals surface area (Å²) in [4.78, 5) is 57.5. The van der Waals surface area contributed by atoms with Crippen molar-refractivity contribution < 1.29 is 68.6 Å². The first-order valence-electron chi connectivity index (χ1n) is 18.7. The Balaban J connectivity index is 0.000000393. The number of carbonyl (C=O) groups excluding carboxylic acids is 5. The molecule has 0 unspecified atom stereocenters. The van der Waals surface area contributed by atoms with Gasteiger partial charge in [-0.1, -0.05) is 41.5 Å². The molecule has 0 amide bonds. The van der Waals surface area contributed by atoms with E-state index in [4.69, 9.17) is 26.3 Å². The van der Waals surface area contributed by atoms with E-state index >= 15 is 0 Å². The van der Waals surface area contributed by atoms with Crippen LogP contribution in [0.15, 0.2) is 96.5 Å². The number of unbranched alkanes of at least 4 members (excludes halogenated alkanes) is 2. The summed E-state index contributed by atoms with van der Waals surface area (Å²) in [6, 6.07) is 18.6. The van der Waals surface area contributed by atoms with Gasteiger partial charge < -0.3 is 33.4 Å². The SMILES string of the molecule is C#CCCCC=O.CN=[N+]=[N-].COC(=O)C(=[N+]=[N-])S(=O)(=O)c1ccccc1.COC(=O)CS(=O)(=O)c1ccccc1.COC(=O)c1cc2c(o1)CCC2.O=Cc1cc2c(o1)CCC2. The van der Waals surface area contributed by atoms with Crippen LogP contribution in [0, 0.1) is 12.3 Å². The number of terminal acetylenes is 1. The van der Waals surface area contributed by atoms with Gasteiger partial charge in [0, 0.05) is 37.6 Å². The molecular formula is C42H47N5O14S2. The molecule has 19 nitrogen and oxygen atoms in total. The molecule has 0 saturated carbocycles. The first kappa shape index (κ1) is 53.9. The fraction of sp³-hybridized carbons (Fsp3) is 0.333. The molecule has 0 fully saturated rings. The summed E-state index contributed by atoms with van der Waals surface area (Å²) in [6.45, 7) is 0. The highest BCUT2D eigenvalue weighted by Crippen LogP contribution is 2.26. The second-order valence-corrected chi connectivity index (χ2v) is 16.2. The van der Waals surface area contributed by atoms with Gasteiger partial charge in [0.1, 0.15) is 17.8 Å². The molecule has 2 aromatic carbocycles. The Morgan fingerprint density at radius 2 is 1.35 bits per heavy atom. The number of methoxy groups -OCH3 is 3. The number of aryl methyl sites for hydroxylation is 4. The molecule has 63 heavy (non-hydrogen) atoms. The third-order valence-corrected chi connectivity index (χ3v) is 11.4. The molecule has 2 aliphatic rings. The van der Waals surface area contributed by atoms with Crippen LogP contribution in [0.5, 0.6) is 0 Å². The van der Waals surface area contributed by atoms with E-state index in [1.807, 2.05) is 6.07 Å². The third-order valence-electron chi connectivity index (χ3n) is 8.14. The van der Waals surface area contributed by atoms with Crippen molar-refractivity contribution >= 4 is 55.2 Å². The van der Waals surface area contributed by atoms with Crippen LogP contribution in [0.2, 0.25) is 0 Å². The number of fused-ring (bicyclic) bond motifs is 2. The van der Waals surface area contributed by atoms with Crippen LogP contribution in [-0.4, -0.2) is 91.3 Å². The van der Waals surface area contributed by atoms with Crippen LogP contribution in [0.3, 0.4) is 0 Å². The summed E-state index contributed by atoms with van der Waals surface area (Å²) in [6.07, 6.45) is 15.1. The highest BCUT2D eigenvalue weighted by atomic mass is 32.2. The van der Waals surface area contributed by atoms with Crippen LogP contribution in [-0.2, 0) is 74.0 Å². The van der Waals surface area contributed by atoms with E-state index in [-0.39, 0.29) is 15.8 Å². The van der Waals surface area contributed by atoms with Gasteiger partial charge in [-0.15, -0.1) is 17.1 Å². The van der Waals surface area contributed by atoms with E-state index in [0.717, 1.165) is 88.8 Å². The van der Waals surface area contributed by atoms with E-state index in [1.54, 1.807) is 30.3 Å².